The van der Waals surface area contributed by atoms with Crippen molar-refractivity contribution in [2.45, 2.75) is 44.8 Å². The quantitative estimate of drug-likeness (QED) is 0.877. The Morgan fingerprint density at radius 2 is 1.85 bits per heavy atom. The molecule has 20 heavy (non-hydrogen) atoms. The van der Waals surface area contributed by atoms with Crippen molar-refractivity contribution >= 4 is 11.6 Å². The summed E-state index contributed by atoms with van der Waals surface area (Å²) in [5, 5.41) is 13.9. The molecule has 0 radical (unpaired) electrons. The normalized spacial score (nSPS) is 19.4. The van der Waals surface area contributed by atoms with Crippen molar-refractivity contribution in [3.05, 3.63) is 34.9 Å². The van der Waals surface area contributed by atoms with Gasteiger partial charge >= 0.3 is 0 Å². The van der Waals surface area contributed by atoms with Crippen LogP contribution in [0.2, 0.25) is 5.02 Å². The van der Waals surface area contributed by atoms with Gasteiger partial charge in [0.25, 0.3) is 0 Å². The zero-order valence-corrected chi connectivity index (χ0v) is 13.1. The Bertz CT molecular complexity index is 399. The fourth-order valence-corrected chi connectivity index (χ4v) is 2.94. The van der Waals surface area contributed by atoms with Gasteiger partial charge in [-0.2, -0.15) is 0 Å². The standard InChI is InChI=1S/C16H25ClN2O/c1-12(2)19-9-7-15(8-10-19)18-16(11-20)13-3-5-14(17)6-4-13/h3-6,12,15-16,18,20H,7-11H2,1-2H3/t16-/m0/s1. The molecule has 1 aromatic rings. The Morgan fingerprint density at radius 3 is 2.35 bits per heavy atom. The van der Waals surface area contributed by atoms with Gasteiger partial charge in [-0.05, 0) is 57.5 Å². The summed E-state index contributed by atoms with van der Waals surface area (Å²) in [6, 6.07) is 8.84. The second-order valence-electron chi connectivity index (χ2n) is 5.86. The lowest BCUT2D eigenvalue weighted by atomic mass is 10.0. The Kier molecular flexibility index (Phi) is 5.85. The third kappa shape index (κ3) is 4.19. The second-order valence-corrected chi connectivity index (χ2v) is 6.29. The Balaban J connectivity index is 1.89. The molecule has 0 bridgehead atoms. The van der Waals surface area contributed by atoms with Crippen LogP contribution in [0.15, 0.2) is 24.3 Å². The van der Waals surface area contributed by atoms with Gasteiger partial charge in [0, 0.05) is 17.1 Å². The van der Waals surface area contributed by atoms with Crippen LogP contribution in [0.4, 0.5) is 0 Å². The molecule has 1 aliphatic heterocycles. The van der Waals surface area contributed by atoms with E-state index in [2.05, 4.69) is 24.1 Å². The van der Waals surface area contributed by atoms with E-state index >= 15 is 0 Å². The van der Waals surface area contributed by atoms with E-state index in [9.17, 15) is 5.11 Å². The summed E-state index contributed by atoms with van der Waals surface area (Å²) in [5.41, 5.74) is 1.10. The van der Waals surface area contributed by atoms with Crippen LogP contribution >= 0.6 is 11.6 Å². The number of nitrogens with one attached hydrogen (secondary N) is 1. The molecule has 1 heterocycles. The molecule has 2 rings (SSSR count). The first kappa shape index (κ1) is 15.8. The molecule has 1 saturated heterocycles. The van der Waals surface area contributed by atoms with Gasteiger partial charge in [0.2, 0.25) is 0 Å². The molecule has 0 saturated carbocycles. The molecule has 112 valence electrons. The van der Waals surface area contributed by atoms with Crippen LogP contribution in [0.5, 0.6) is 0 Å². The van der Waals surface area contributed by atoms with Crippen molar-refractivity contribution < 1.29 is 5.11 Å². The lowest BCUT2D eigenvalue weighted by Crippen LogP contribution is -2.46. The molecule has 0 unspecified atom stereocenters. The van der Waals surface area contributed by atoms with Crippen molar-refractivity contribution in [1.82, 2.24) is 10.2 Å². The van der Waals surface area contributed by atoms with E-state index in [4.69, 9.17) is 11.6 Å². The molecule has 1 fully saturated rings. The Labute approximate surface area is 126 Å². The van der Waals surface area contributed by atoms with Gasteiger partial charge in [0.15, 0.2) is 0 Å². The van der Waals surface area contributed by atoms with Gasteiger partial charge in [-0.1, -0.05) is 23.7 Å². The van der Waals surface area contributed by atoms with Gasteiger partial charge in [-0.3, -0.25) is 0 Å². The van der Waals surface area contributed by atoms with E-state index in [-0.39, 0.29) is 12.6 Å². The van der Waals surface area contributed by atoms with Crippen molar-refractivity contribution in [2.24, 2.45) is 0 Å². The average molecular weight is 297 g/mol. The highest BCUT2D eigenvalue weighted by molar-refractivity contribution is 6.30. The summed E-state index contributed by atoms with van der Waals surface area (Å²) in [7, 11) is 0. The first-order valence-corrected chi connectivity index (χ1v) is 7.84. The highest BCUT2D eigenvalue weighted by atomic mass is 35.5. The summed E-state index contributed by atoms with van der Waals surface area (Å²) < 4.78 is 0. The lowest BCUT2D eigenvalue weighted by Gasteiger charge is -2.36. The first-order valence-electron chi connectivity index (χ1n) is 7.46. The SMILES string of the molecule is CC(C)N1CCC(N[C@@H](CO)c2ccc(Cl)cc2)CC1. The number of rotatable bonds is 5. The molecule has 2 N–H and O–H groups in total. The number of halogens is 1. The summed E-state index contributed by atoms with van der Waals surface area (Å²) in [5.74, 6) is 0. The summed E-state index contributed by atoms with van der Waals surface area (Å²) >= 11 is 5.91. The maximum atomic E-state index is 9.61. The zero-order valence-electron chi connectivity index (χ0n) is 12.3. The molecule has 0 aromatic heterocycles. The van der Waals surface area contributed by atoms with E-state index in [1.807, 2.05) is 24.3 Å². The Hall–Kier alpha value is -0.610. The third-order valence-electron chi connectivity index (χ3n) is 4.15. The number of piperidine rings is 1. The summed E-state index contributed by atoms with van der Waals surface area (Å²) in [6.07, 6.45) is 2.28. The minimum Gasteiger partial charge on any atom is -0.394 e. The van der Waals surface area contributed by atoms with E-state index in [1.54, 1.807) is 0 Å². The maximum absolute atomic E-state index is 9.61. The highest BCUT2D eigenvalue weighted by Gasteiger charge is 2.23. The summed E-state index contributed by atoms with van der Waals surface area (Å²) in [4.78, 5) is 2.51. The smallest absolute Gasteiger partial charge is 0.0626 e. The Morgan fingerprint density at radius 1 is 1.25 bits per heavy atom. The van der Waals surface area contributed by atoms with Gasteiger partial charge in [-0.15, -0.1) is 0 Å². The van der Waals surface area contributed by atoms with E-state index in [1.165, 1.54) is 0 Å². The molecular weight excluding hydrogens is 272 g/mol. The molecule has 4 heteroatoms. The number of hydrogen-bond donors (Lipinski definition) is 2. The van der Waals surface area contributed by atoms with E-state index in [0.717, 1.165) is 36.5 Å². The molecular formula is C16H25ClN2O. The molecule has 3 nitrogen and oxygen atoms in total. The van der Waals surface area contributed by atoms with Gasteiger partial charge < -0.3 is 15.3 Å². The van der Waals surface area contributed by atoms with Crippen molar-refractivity contribution in [1.29, 1.82) is 0 Å². The van der Waals surface area contributed by atoms with E-state index < -0.39 is 0 Å². The molecule has 0 amide bonds. The highest BCUT2D eigenvalue weighted by Crippen LogP contribution is 2.20. The minimum absolute atomic E-state index is 0.00265. The largest absolute Gasteiger partial charge is 0.394 e. The van der Waals surface area contributed by atoms with Crippen LogP contribution in [0.3, 0.4) is 0 Å². The molecule has 0 spiro atoms. The fourth-order valence-electron chi connectivity index (χ4n) is 2.82. The minimum atomic E-state index is 0.00265. The predicted molar refractivity (Wildman–Crippen MR) is 84.1 cm³/mol. The lowest BCUT2D eigenvalue weighted by molar-refractivity contribution is 0.146. The molecule has 1 aromatic carbocycles. The third-order valence-corrected chi connectivity index (χ3v) is 4.40. The van der Waals surface area contributed by atoms with Crippen molar-refractivity contribution in [3.63, 3.8) is 0 Å². The zero-order chi connectivity index (χ0) is 14.5. The van der Waals surface area contributed by atoms with Crippen LogP contribution in [0.25, 0.3) is 0 Å². The first-order chi connectivity index (χ1) is 9.60. The van der Waals surface area contributed by atoms with Crippen LogP contribution in [-0.2, 0) is 0 Å². The number of hydrogen-bond acceptors (Lipinski definition) is 3. The van der Waals surface area contributed by atoms with Crippen LogP contribution in [-0.4, -0.2) is 41.8 Å². The van der Waals surface area contributed by atoms with Crippen LogP contribution < -0.4 is 5.32 Å². The predicted octanol–water partition coefficient (Wildman–Crippen LogP) is 2.84. The number of benzene rings is 1. The molecule has 0 aliphatic carbocycles. The summed E-state index contributed by atoms with van der Waals surface area (Å²) in [6.45, 7) is 6.88. The average Bonchev–Trinajstić information content (AvgIpc) is 2.46. The van der Waals surface area contributed by atoms with Gasteiger partial charge in [-0.25, -0.2) is 0 Å². The van der Waals surface area contributed by atoms with Crippen LogP contribution in [0.1, 0.15) is 38.3 Å². The monoisotopic (exact) mass is 296 g/mol. The van der Waals surface area contributed by atoms with Crippen molar-refractivity contribution in [2.75, 3.05) is 19.7 Å². The fraction of sp³-hybridized carbons (Fsp3) is 0.625. The van der Waals surface area contributed by atoms with Gasteiger partial charge in [0.1, 0.15) is 0 Å². The number of nitrogens with zero attached hydrogens (tertiary/aromatic N) is 1. The van der Waals surface area contributed by atoms with Crippen molar-refractivity contribution in [3.8, 4) is 0 Å². The topological polar surface area (TPSA) is 35.5 Å². The second kappa shape index (κ2) is 7.41. The maximum Gasteiger partial charge on any atom is 0.0626 e. The van der Waals surface area contributed by atoms with Gasteiger partial charge in [0.05, 0.1) is 12.6 Å². The number of aliphatic hydroxyl groups excluding tert-OH is 1. The molecule has 1 atom stereocenters. The number of aliphatic hydroxyl groups is 1. The van der Waals surface area contributed by atoms with E-state index in [0.29, 0.717) is 12.1 Å². The van der Waals surface area contributed by atoms with Crippen LogP contribution in [0, 0.1) is 0 Å². The molecule has 1 aliphatic rings. The number of likely N-dealkylation sites (tertiary alicyclic amines) is 1.